The van der Waals surface area contributed by atoms with E-state index in [0.717, 1.165) is 0 Å². The Balaban J connectivity index is 1.94. The second-order valence-corrected chi connectivity index (χ2v) is 9.32. The molecule has 6 atom stereocenters. The molecule has 2 saturated heterocycles. The summed E-state index contributed by atoms with van der Waals surface area (Å²) in [6.45, 7) is 7.66. The predicted molar refractivity (Wildman–Crippen MR) is 116 cm³/mol. The number of phenolic OH excluding ortho intramolecular Hbond substituents is 2. The predicted octanol–water partition coefficient (Wildman–Crippen LogP) is 2.72. The fourth-order valence-corrected chi connectivity index (χ4v) is 4.91. The summed E-state index contributed by atoms with van der Waals surface area (Å²) in [6.07, 6.45) is -0.969. The van der Waals surface area contributed by atoms with E-state index in [1.165, 1.54) is 6.07 Å². The molecule has 3 rings (SSSR count). The van der Waals surface area contributed by atoms with Gasteiger partial charge in [0.05, 0.1) is 29.4 Å². The van der Waals surface area contributed by atoms with Crippen molar-refractivity contribution in [3.05, 3.63) is 22.8 Å². The zero-order chi connectivity index (χ0) is 23.8. The topological polar surface area (TPSA) is 137 Å². The van der Waals surface area contributed by atoms with Gasteiger partial charge >= 0.3 is 0 Å². The first kappa shape index (κ1) is 24.6. The fourth-order valence-electron chi connectivity index (χ4n) is 4.91. The Morgan fingerprint density at radius 2 is 1.94 bits per heavy atom. The lowest BCUT2D eigenvalue weighted by Gasteiger charge is -2.39. The molecule has 1 aromatic rings. The Morgan fingerprint density at radius 3 is 2.44 bits per heavy atom. The number of phenols is 2. The number of carbonyl (C=O) groups is 2. The van der Waals surface area contributed by atoms with Gasteiger partial charge in [0.15, 0.2) is 24.0 Å². The number of ether oxygens (including phenoxy) is 2. The Labute approximate surface area is 188 Å². The lowest BCUT2D eigenvalue weighted by atomic mass is 9.80. The van der Waals surface area contributed by atoms with E-state index in [1.807, 2.05) is 27.7 Å². The van der Waals surface area contributed by atoms with E-state index in [9.17, 15) is 30.0 Å². The van der Waals surface area contributed by atoms with Crippen molar-refractivity contribution in [2.45, 2.75) is 90.0 Å². The van der Waals surface area contributed by atoms with E-state index in [-0.39, 0.29) is 35.3 Å². The van der Waals surface area contributed by atoms with Crippen LogP contribution < -0.4 is 0 Å². The Hall–Kier alpha value is -2.00. The molecule has 2 aliphatic heterocycles. The first-order valence-corrected chi connectivity index (χ1v) is 11.4. The van der Waals surface area contributed by atoms with E-state index in [1.54, 1.807) is 0 Å². The second kappa shape index (κ2) is 9.47. The number of aliphatic hydroxyl groups is 2. The van der Waals surface area contributed by atoms with Crippen LogP contribution in [0.2, 0.25) is 0 Å². The molecule has 0 aliphatic carbocycles. The minimum absolute atomic E-state index is 0.0685. The first-order chi connectivity index (χ1) is 15.1. The number of ketones is 1. The lowest BCUT2D eigenvalue weighted by Crippen LogP contribution is -2.55. The first-order valence-electron chi connectivity index (χ1n) is 11.4. The van der Waals surface area contributed by atoms with Gasteiger partial charge in [0.1, 0.15) is 11.5 Å². The number of epoxide rings is 1. The van der Waals surface area contributed by atoms with Gasteiger partial charge in [-0.05, 0) is 36.8 Å². The number of aliphatic hydroxyl groups excluding tert-OH is 2. The van der Waals surface area contributed by atoms with E-state index >= 15 is 0 Å². The highest BCUT2D eigenvalue weighted by molar-refractivity contribution is 6.04. The van der Waals surface area contributed by atoms with E-state index in [4.69, 9.17) is 9.47 Å². The quantitative estimate of drug-likeness (QED) is 0.256. The molecule has 2 heterocycles. The van der Waals surface area contributed by atoms with Crippen molar-refractivity contribution in [3.8, 4) is 11.5 Å². The maximum Gasteiger partial charge on any atom is 0.189 e. The summed E-state index contributed by atoms with van der Waals surface area (Å²) >= 11 is 0. The zero-order valence-electron chi connectivity index (χ0n) is 19.1. The van der Waals surface area contributed by atoms with Crippen LogP contribution in [0, 0.1) is 11.8 Å². The third kappa shape index (κ3) is 4.17. The zero-order valence-corrected chi connectivity index (χ0v) is 19.1. The smallest absolute Gasteiger partial charge is 0.189 e. The molecule has 0 radical (unpaired) electrons. The van der Waals surface area contributed by atoms with Gasteiger partial charge in [0, 0.05) is 12.3 Å². The molecule has 0 saturated carbocycles. The monoisotopic (exact) mass is 450 g/mol. The number of aromatic hydroxyl groups is 2. The molecule has 178 valence electrons. The maximum absolute atomic E-state index is 13.6. The van der Waals surface area contributed by atoms with Crippen LogP contribution in [0.25, 0.3) is 0 Å². The van der Waals surface area contributed by atoms with Gasteiger partial charge in [-0.1, -0.05) is 34.1 Å². The Morgan fingerprint density at radius 1 is 1.25 bits per heavy atom. The van der Waals surface area contributed by atoms with Gasteiger partial charge in [0.25, 0.3) is 0 Å². The van der Waals surface area contributed by atoms with Crippen LogP contribution in [0.15, 0.2) is 6.07 Å². The summed E-state index contributed by atoms with van der Waals surface area (Å²) in [4.78, 5) is 25.1. The number of hydrogen-bond donors (Lipinski definition) is 4. The molecule has 0 amide bonds. The number of benzene rings is 1. The number of carbonyl (C=O) groups excluding carboxylic acids is 2. The van der Waals surface area contributed by atoms with Gasteiger partial charge in [-0.2, -0.15) is 0 Å². The summed E-state index contributed by atoms with van der Waals surface area (Å²) in [6, 6.07) is 1.43. The molecule has 8 heteroatoms. The van der Waals surface area contributed by atoms with Crippen LogP contribution in [0.5, 0.6) is 11.5 Å². The van der Waals surface area contributed by atoms with Gasteiger partial charge in [-0.3, -0.25) is 9.59 Å². The van der Waals surface area contributed by atoms with Crippen LogP contribution in [-0.2, 0) is 15.9 Å². The summed E-state index contributed by atoms with van der Waals surface area (Å²) in [5.41, 5.74) is -1.14. The highest BCUT2D eigenvalue weighted by Crippen LogP contribution is 2.50. The molecule has 8 nitrogen and oxygen atoms in total. The minimum Gasteiger partial charge on any atom is -0.507 e. The Kier molecular flexibility index (Phi) is 7.29. The van der Waals surface area contributed by atoms with Gasteiger partial charge < -0.3 is 29.9 Å². The number of hydrogen-bond acceptors (Lipinski definition) is 8. The molecular weight excluding hydrogens is 416 g/mol. The second-order valence-electron chi connectivity index (χ2n) is 9.32. The average Bonchev–Trinajstić information content (AvgIpc) is 3.48. The summed E-state index contributed by atoms with van der Waals surface area (Å²) in [7, 11) is 0. The SMILES string of the molecule is CCC[C@H](C(=O)c1cc(CC(C)C)c(O)c(C=O)c1O)[C@@H]1C[C@@H](O)[C@@]2(O[C@@H]2CC)[C@H](O)O1. The lowest BCUT2D eigenvalue weighted by molar-refractivity contribution is -0.239. The van der Waals surface area contributed by atoms with Gasteiger partial charge in [0.2, 0.25) is 0 Å². The molecule has 2 aliphatic rings. The van der Waals surface area contributed by atoms with Gasteiger partial charge in [-0.25, -0.2) is 0 Å². The molecule has 0 unspecified atom stereocenters. The fraction of sp³-hybridized carbons (Fsp3) is 0.667. The van der Waals surface area contributed by atoms with E-state index in [0.29, 0.717) is 37.5 Å². The van der Waals surface area contributed by atoms with Crippen LogP contribution in [-0.4, -0.2) is 62.7 Å². The van der Waals surface area contributed by atoms with Crippen molar-refractivity contribution >= 4 is 12.1 Å². The minimum atomic E-state index is -1.37. The molecule has 4 N–H and O–H groups in total. The summed E-state index contributed by atoms with van der Waals surface area (Å²) < 4.78 is 11.3. The molecule has 0 bridgehead atoms. The largest absolute Gasteiger partial charge is 0.507 e. The molecule has 1 spiro atoms. The normalized spacial score (nSPS) is 30.5. The molecule has 1 aromatic carbocycles. The van der Waals surface area contributed by atoms with Gasteiger partial charge in [-0.15, -0.1) is 0 Å². The Bertz CT molecular complexity index is 852. The molecule has 0 aromatic heterocycles. The van der Waals surface area contributed by atoms with Crippen LogP contribution in [0.4, 0.5) is 0 Å². The average molecular weight is 451 g/mol. The third-order valence-electron chi connectivity index (χ3n) is 6.61. The number of Topliss-reactive ketones (excluding diaryl/α,β-unsaturated/α-hetero) is 1. The third-order valence-corrected chi connectivity index (χ3v) is 6.61. The van der Waals surface area contributed by atoms with Crippen LogP contribution >= 0.6 is 0 Å². The van der Waals surface area contributed by atoms with Crippen molar-refractivity contribution in [3.63, 3.8) is 0 Å². The van der Waals surface area contributed by atoms with Crippen molar-refractivity contribution in [2.75, 3.05) is 0 Å². The van der Waals surface area contributed by atoms with Crippen LogP contribution in [0.3, 0.4) is 0 Å². The highest BCUT2D eigenvalue weighted by atomic mass is 16.7. The van der Waals surface area contributed by atoms with Crippen molar-refractivity contribution in [1.29, 1.82) is 0 Å². The van der Waals surface area contributed by atoms with Crippen molar-refractivity contribution in [2.24, 2.45) is 11.8 Å². The van der Waals surface area contributed by atoms with Crippen molar-refractivity contribution in [1.82, 2.24) is 0 Å². The van der Waals surface area contributed by atoms with Crippen LogP contribution in [0.1, 0.15) is 79.7 Å². The van der Waals surface area contributed by atoms with E-state index in [2.05, 4.69) is 0 Å². The summed E-state index contributed by atoms with van der Waals surface area (Å²) in [5, 5.41) is 42.3. The number of aldehydes is 1. The maximum atomic E-state index is 13.6. The summed E-state index contributed by atoms with van der Waals surface area (Å²) in [5.74, 6) is -1.97. The highest BCUT2D eigenvalue weighted by Gasteiger charge is 2.68. The molecule has 32 heavy (non-hydrogen) atoms. The molecule has 2 fully saturated rings. The van der Waals surface area contributed by atoms with E-state index < -0.39 is 41.5 Å². The molecular formula is C24H34O8. The van der Waals surface area contributed by atoms with Crippen molar-refractivity contribution < 1.29 is 39.5 Å². The number of rotatable bonds is 9. The standard InChI is InChI=1S/C24H34O8/c1-5-7-14(17-10-18(26)24(23(30)31-17)19(6-2)32-24)21(28)15-9-13(8-12(3)4)20(27)16(11-25)22(15)29/h9,11-12,14,17-19,23,26-27,29-30H,5-8,10H2,1-4H3/t14-,17-,18+,19+,23+,24-/m0/s1.